The van der Waals surface area contributed by atoms with Crippen LogP contribution in [-0.2, 0) is 24.3 Å². The van der Waals surface area contributed by atoms with Crippen LogP contribution >= 0.6 is 0 Å². The minimum atomic E-state index is 0. The van der Waals surface area contributed by atoms with Crippen LogP contribution in [0.25, 0.3) is 0 Å². The molecule has 0 aliphatic carbocycles. The standard InChI is InChI=1S/C4H9NO.Zn/c1-3-5-4(2)6;/h3H2,1-2H3,(H,5,6);. The van der Waals surface area contributed by atoms with E-state index >= 15 is 0 Å². The van der Waals surface area contributed by atoms with Gasteiger partial charge in [-0.1, -0.05) is 0 Å². The molecule has 0 atom stereocenters. The molecule has 0 unspecified atom stereocenters. The van der Waals surface area contributed by atoms with Gasteiger partial charge < -0.3 is 5.32 Å². The summed E-state index contributed by atoms with van der Waals surface area (Å²) in [6.07, 6.45) is 0. The molecule has 0 bridgehead atoms. The third-order valence-corrected chi connectivity index (χ3v) is 0.426. The predicted molar refractivity (Wildman–Crippen MR) is 24.4 cm³/mol. The summed E-state index contributed by atoms with van der Waals surface area (Å²) in [6, 6.07) is 0. The summed E-state index contributed by atoms with van der Waals surface area (Å²) in [5, 5.41) is 2.57. The van der Waals surface area contributed by atoms with Crippen molar-refractivity contribution in [2.45, 2.75) is 13.8 Å². The van der Waals surface area contributed by atoms with Crippen LogP contribution < -0.4 is 5.32 Å². The third kappa shape index (κ3) is 10.7. The molecule has 0 aliphatic heterocycles. The molecule has 0 radical (unpaired) electrons. The fourth-order valence-electron chi connectivity index (χ4n) is 0.249. The van der Waals surface area contributed by atoms with Gasteiger partial charge in [0.15, 0.2) is 0 Å². The summed E-state index contributed by atoms with van der Waals surface area (Å²) in [4.78, 5) is 9.93. The molecule has 0 aromatic carbocycles. The van der Waals surface area contributed by atoms with Crippen LogP contribution in [0.2, 0.25) is 0 Å². The van der Waals surface area contributed by atoms with Gasteiger partial charge in [0.05, 0.1) is 0 Å². The van der Waals surface area contributed by atoms with Gasteiger partial charge in [-0.25, -0.2) is 0 Å². The zero-order valence-corrected chi connectivity index (χ0v) is 7.79. The first kappa shape index (κ1) is 10.2. The molecule has 0 aromatic rings. The number of rotatable bonds is 1. The first-order chi connectivity index (χ1) is 2.77. The molecule has 0 aliphatic rings. The summed E-state index contributed by atoms with van der Waals surface area (Å²) in [5.41, 5.74) is 0. The van der Waals surface area contributed by atoms with E-state index in [0.717, 1.165) is 6.54 Å². The Kier molecular flexibility index (Phi) is 8.84. The molecule has 0 saturated heterocycles. The molecule has 1 N–H and O–H groups in total. The molecule has 0 saturated carbocycles. The predicted octanol–water partition coefficient (Wildman–Crippen LogP) is 0.140. The first-order valence-corrected chi connectivity index (χ1v) is 2.01. The van der Waals surface area contributed by atoms with Gasteiger partial charge >= 0.3 is 0 Å². The van der Waals surface area contributed by atoms with Gasteiger partial charge in [0, 0.05) is 32.9 Å². The Morgan fingerprint density at radius 3 is 2.14 bits per heavy atom. The van der Waals surface area contributed by atoms with Gasteiger partial charge in [-0.2, -0.15) is 0 Å². The summed E-state index contributed by atoms with van der Waals surface area (Å²) >= 11 is 0. The minimum Gasteiger partial charge on any atom is -0.357 e. The largest absolute Gasteiger partial charge is 0.357 e. The first-order valence-electron chi connectivity index (χ1n) is 2.01. The molecule has 1 amide bonds. The second kappa shape index (κ2) is 6.09. The van der Waals surface area contributed by atoms with Crippen LogP contribution in [0.5, 0.6) is 0 Å². The van der Waals surface area contributed by atoms with E-state index in [1.165, 1.54) is 6.92 Å². The van der Waals surface area contributed by atoms with Crippen molar-refractivity contribution in [3.8, 4) is 0 Å². The van der Waals surface area contributed by atoms with Crippen LogP contribution in [0, 0.1) is 0 Å². The summed E-state index contributed by atoms with van der Waals surface area (Å²) in [7, 11) is 0. The van der Waals surface area contributed by atoms with Crippen molar-refractivity contribution in [2.24, 2.45) is 0 Å². The van der Waals surface area contributed by atoms with Crippen LogP contribution in [0.4, 0.5) is 0 Å². The number of hydrogen-bond acceptors (Lipinski definition) is 1. The Hall–Kier alpha value is 0.0934. The Bertz CT molecular complexity index is 55.7. The van der Waals surface area contributed by atoms with Crippen molar-refractivity contribution in [2.75, 3.05) is 6.54 Å². The Morgan fingerprint density at radius 2 is 2.14 bits per heavy atom. The summed E-state index contributed by atoms with van der Waals surface area (Å²) < 4.78 is 0. The molecular weight excluding hydrogens is 143 g/mol. The van der Waals surface area contributed by atoms with Crippen LogP contribution in [0.1, 0.15) is 13.8 Å². The molecule has 38 valence electrons. The maximum Gasteiger partial charge on any atom is 0.216 e. The van der Waals surface area contributed by atoms with Crippen molar-refractivity contribution in [3.63, 3.8) is 0 Å². The fraction of sp³-hybridized carbons (Fsp3) is 0.750. The number of amides is 1. The van der Waals surface area contributed by atoms with Crippen molar-refractivity contribution in [3.05, 3.63) is 0 Å². The maximum atomic E-state index is 9.93. The number of hydrogen-bond donors (Lipinski definition) is 1. The van der Waals surface area contributed by atoms with Gasteiger partial charge in [-0.3, -0.25) is 4.79 Å². The minimum absolute atomic E-state index is 0. The van der Waals surface area contributed by atoms with Crippen LogP contribution in [0.3, 0.4) is 0 Å². The molecular formula is C4H9NOZn. The molecule has 2 nitrogen and oxygen atoms in total. The summed E-state index contributed by atoms with van der Waals surface area (Å²) in [5.74, 6) is 0.0394. The van der Waals surface area contributed by atoms with E-state index in [1.807, 2.05) is 6.92 Å². The van der Waals surface area contributed by atoms with Crippen molar-refractivity contribution in [1.82, 2.24) is 5.32 Å². The van der Waals surface area contributed by atoms with Crippen molar-refractivity contribution < 1.29 is 24.3 Å². The number of carbonyl (C=O) groups excluding carboxylic acids is 1. The van der Waals surface area contributed by atoms with Gasteiger partial charge in [0.1, 0.15) is 0 Å². The van der Waals surface area contributed by atoms with E-state index in [2.05, 4.69) is 5.32 Å². The van der Waals surface area contributed by atoms with E-state index in [4.69, 9.17) is 0 Å². The summed E-state index contributed by atoms with van der Waals surface area (Å²) in [6.45, 7) is 4.13. The smallest absolute Gasteiger partial charge is 0.216 e. The van der Waals surface area contributed by atoms with Crippen molar-refractivity contribution >= 4 is 5.91 Å². The topological polar surface area (TPSA) is 29.1 Å². The van der Waals surface area contributed by atoms with Gasteiger partial charge in [-0.15, -0.1) is 0 Å². The quantitative estimate of drug-likeness (QED) is 0.532. The van der Waals surface area contributed by atoms with E-state index in [0.29, 0.717) is 0 Å². The monoisotopic (exact) mass is 151 g/mol. The van der Waals surface area contributed by atoms with E-state index < -0.39 is 0 Å². The molecule has 0 rings (SSSR count). The molecule has 7 heavy (non-hydrogen) atoms. The molecule has 0 spiro atoms. The van der Waals surface area contributed by atoms with Crippen LogP contribution in [-0.4, -0.2) is 12.5 Å². The van der Waals surface area contributed by atoms with Gasteiger partial charge in [0.25, 0.3) is 0 Å². The van der Waals surface area contributed by atoms with E-state index in [9.17, 15) is 4.79 Å². The molecule has 0 fully saturated rings. The molecule has 0 aromatic heterocycles. The Labute approximate surface area is 56.4 Å². The number of nitrogens with one attached hydrogen (secondary N) is 1. The Balaban J connectivity index is 0. The van der Waals surface area contributed by atoms with Crippen molar-refractivity contribution in [1.29, 1.82) is 0 Å². The number of carbonyl (C=O) groups is 1. The Morgan fingerprint density at radius 1 is 1.71 bits per heavy atom. The molecule has 0 heterocycles. The van der Waals surface area contributed by atoms with E-state index in [-0.39, 0.29) is 25.4 Å². The van der Waals surface area contributed by atoms with Crippen LogP contribution in [0.15, 0.2) is 0 Å². The average molecular weight is 153 g/mol. The zero-order chi connectivity index (χ0) is 4.99. The third-order valence-electron chi connectivity index (χ3n) is 0.426. The second-order valence-electron chi connectivity index (χ2n) is 1.09. The van der Waals surface area contributed by atoms with Gasteiger partial charge in [0.2, 0.25) is 5.91 Å². The SMILES string of the molecule is CCNC(C)=O.[Zn]. The van der Waals surface area contributed by atoms with Gasteiger partial charge in [-0.05, 0) is 6.92 Å². The van der Waals surface area contributed by atoms with E-state index in [1.54, 1.807) is 0 Å². The second-order valence-corrected chi connectivity index (χ2v) is 1.09. The maximum absolute atomic E-state index is 9.93. The molecule has 3 heteroatoms. The normalized spacial score (nSPS) is 6.57. The average Bonchev–Trinajstić information content (AvgIpc) is 1.35. The fourth-order valence-corrected chi connectivity index (χ4v) is 0.249. The zero-order valence-electron chi connectivity index (χ0n) is 4.82.